The van der Waals surface area contributed by atoms with E-state index in [2.05, 4.69) is 19.8 Å². The first-order valence-corrected chi connectivity index (χ1v) is 10.5. The molecule has 28 heavy (non-hydrogen) atoms. The highest BCUT2D eigenvalue weighted by Gasteiger charge is 2.27. The Morgan fingerprint density at radius 1 is 1.14 bits per heavy atom. The van der Waals surface area contributed by atoms with Crippen LogP contribution in [-0.2, 0) is 22.5 Å². The maximum atomic E-state index is 12.6. The summed E-state index contributed by atoms with van der Waals surface area (Å²) in [6.07, 6.45) is 2.66. The van der Waals surface area contributed by atoms with Crippen molar-refractivity contribution in [2.24, 2.45) is 7.05 Å². The van der Waals surface area contributed by atoms with Crippen molar-refractivity contribution in [3.05, 3.63) is 52.9 Å². The Bertz CT molecular complexity index is 1130. The van der Waals surface area contributed by atoms with Crippen LogP contribution in [-0.4, -0.2) is 28.2 Å². The highest BCUT2D eigenvalue weighted by atomic mass is 35.5. The van der Waals surface area contributed by atoms with Crippen LogP contribution < -0.4 is 4.72 Å². The molecular weight excluding hydrogens is 398 g/mol. The lowest BCUT2D eigenvalue weighted by Crippen LogP contribution is -2.19. The zero-order chi connectivity index (χ0) is 20.7. The third-order valence-electron chi connectivity index (χ3n) is 4.23. The number of rotatable bonds is 4. The number of benzene rings is 1. The fraction of sp³-hybridized carbons (Fsp3) is 0.316. The summed E-state index contributed by atoms with van der Waals surface area (Å²) >= 11 is 6.50. The first-order chi connectivity index (χ1) is 13.0. The van der Waals surface area contributed by atoms with Crippen LogP contribution >= 0.6 is 11.6 Å². The Hall–Kier alpha value is -2.45. The van der Waals surface area contributed by atoms with Gasteiger partial charge in [-0.1, -0.05) is 56.6 Å². The summed E-state index contributed by atoms with van der Waals surface area (Å²) in [4.78, 5) is 8.77. The number of hydrogen-bond acceptors (Lipinski definition) is 5. The molecule has 0 unspecified atom stereocenters. The Balaban J connectivity index is 2.16. The van der Waals surface area contributed by atoms with Gasteiger partial charge in [-0.25, -0.2) is 18.1 Å². The average Bonchev–Trinajstić information content (AvgIpc) is 3.00. The van der Waals surface area contributed by atoms with Gasteiger partial charge in [0.15, 0.2) is 0 Å². The van der Waals surface area contributed by atoms with Gasteiger partial charge in [-0.05, 0) is 17.9 Å². The van der Waals surface area contributed by atoms with Crippen LogP contribution in [0.25, 0.3) is 11.3 Å². The van der Waals surface area contributed by atoms with E-state index in [9.17, 15) is 8.42 Å². The Labute approximate surface area is 169 Å². The molecule has 2 aromatic heterocycles. The highest BCUT2D eigenvalue weighted by Crippen LogP contribution is 2.38. The van der Waals surface area contributed by atoms with Gasteiger partial charge in [0.25, 0.3) is 10.0 Å². The van der Waals surface area contributed by atoms with Gasteiger partial charge in [-0.15, -0.1) is 0 Å². The van der Waals surface area contributed by atoms with E-state index in [1.165, 1.54) is 17.1 Å². The van der Waals surface area contributed by atoms with Crippen LogP contribution in [0.2, 0.25) is 5.15 Å². The summed E-state index contributed by atoms with van der Waals surface area (Å²) in [5.41, 5.74) is 2.90. The van der Waals surface area contributed by atoms with Crippen molar-refractivity contribution >= 4 is 27.6 Å². The number of anilines is 1. The molecule has 0 saturated carbocycles. The molecule has 0 bridgehead atoms. The van der Waals surface area contributed by atoms with E-state index in [0.717, 1.165) is 16.7 Å². The van der Waals surface area contributed by atoms with Gasteiger partial charge in [-0.3, -0.25) is 4.68 Å². The van der Waals surface area contributed by atoms with Crippen LogP contribution in [0.3, 0.4) is 0 Å². The molecule has 148 valence electrons. The minimum Gasteiger partial charge on any atom is -0.274 e. The summed E-state index contributed by atoms with van der Waals surface area (Å²) in [6.45, 7) is 8.01. The van der Waals surface area contributed by atoms with Crippen molar-refractivity contribution in [2.75, 3.05) is 4.72 Å². The van der Waals surface area contributed by atoms with Gasteiger partial charge >= 0.3 is 0 Å². The van der Waals surface area contributed by atoms with Crippen molar-refractivity contribution < 1.29 is 8.42 Å². The third-order valence-corrected chi connectivity index (χ3v) is 5.79. The average molecular weight is 420 g/mol. The molecule has 0 radical (unpaired) electrons. The zero-order valence-corrected chi connectivity index (χ0v) is 17.9. The van der Waals surface area contributed by atoms with Crippen LogP contribution in [0, 0.1) is 6.92 Å². The van der Waals surface area contributed by atoms with E-state index in [1.807, 2.05) is 52.0 Å². The van der Waals surface area contributed by atoms with Crippen molar-refractivity contribution in [3.8, 4) is 11.3 Å². The molecule has 1 N–H and O–H groups in total. The molecule has 7 nitrogen and oxygen atoms in total. The van der Waals surface area contributed by atoms with E-state index < -0.39 is 10.0 Å². The number of nitrogens with zero attached hydrogens (tertiary/aromatic N) is 4. The number of halogens is 1. The monoisotopic (exact) mass is 419 g/mol. The van der Waals surface area contributed by atoms with Crippen LogP contribution in [0.15, 0.2) is 41.6 Å². The number of aryl methyl sites for hydroxylation is 2. The van der Waals surface area contributed by atoms with Crippen molar-refractivity contribution in [1.29, 1.82) is 0 Å². The molecule has 3 aromatic rings. The molecule has 0 aliphatic carbocycles. The summed E-state index contributed by atoms with van der Waals surface area (Å²) in [6, 6.07) is 7.74. The van der Waals surface area contributed by atoms with Gasteiger partial charge in [0.05, 0.1) is 11.9 Å². The van der Waals surface area contributed by atoms with Crippen molar-refractivity contribution in [2.45, 2.75) is 38.0 Å². The van der Waals surface area contributed by atoms with E-state index in [0.29, 0.717) is 5.69 Å². The number of aromatic nitrogens is 4. The lowest BCUT2D eigenvalue weighted by Gasteiger charge is -2.24. The minimum absolute atomic E-state index is 0.0204. The van der Waals surface area contributed by atoms with Crippen LogP contribution in [0.4, 0.5) is 5.95 Å². The van der Waals surface area contributed by atoms with E-state index >= 15 is 0 Å². The molecule has 0 saturated heterocycles. The fourth-order valence-corrected chi connectivity index (χ4v) is 4.27. The predicted molar refractivity (Wildman–Crippen MR) is 110 cm³/mol. The van der Waals surface area contributed by atoms with Gasteiger partial charge in [0, 0.05) is 24.4 Å². The van der Waals surface area contributed by atoms with Crippen molar-refractivity contribution in [3.63, 3.8) is 0 Å². The summed E-state index contributed by atoms with van der Waals surface area (Å²) in [5, 5.41) is 4.11. The topological polar surface area (TPSA) is 89.8 Å². The second-order valence-electron chi connectivity index (χ2n) is 7.58. The minimum atomic E-state index is -3.88. The second kappa shape index (κ2) is 7.18. The zero-order valence-electron chi connectivity index (χ0n) is 16.4. The largest absolute Gasteiger partial charge is 0.274 e. The summed E-state index contributed by atoms with van der Waals surface area (Å²) in [7, 11) is -2.24. The van der Waals surface area contributed by atoms with Gasteiger partial charge in [0.1, 0.15) is 10.0 Å². The highest BCUT2D eigenvalue weighted by molar-refractivity contribution is 7.92. The molecule has 0 spiro atoms. The molecule has 0 atom stereocenters. The lowest BCUT2D eigenvalue weighted by atomic mass is 9.84. The molecule has 1 aromatic carbocycles. The summed E-state index contributed by atoms with van der Waals surface area (Å²) < 4.78 is 29.1. The van der Waals surface area contributed by atoms with Gasteiger partial charge in [-0.2, -0.15) is 10.1 Å². The van der Waals surface area contributed by atoms with Crippen LogP contribution in [0.1, 0.15) is 31.9 Å². The molecule has 0 amide bonds. The first-order valence-electron chi connectivity index (χ1n) is 8.64. The molecule has 0 aliphatic heterocycles. The smallest absolute Gasteiger partial charge is 0.267 e. The van der Waals surface area contributed by atoms with Crippen molar-refractivity contribution in [1.82, 2.24) is 19.7 Å². The molecule has 3 rings (SSSR count). The Morgan fingerprint density at radius 2 is 1.82 bits per heavy atom. The SMILES string of the molecule is Cc1ccccc1-c1nc(NS(=O)(=O)c2cnn(C)c2)nc(Cl)c1C(C)(C)C. The standard InChI is InChI=1S/C19H22ClN5O2S/c1-12-8-6-7-9-14(12)16-15(19(2,3)4)17(20)23-18(22-16)24-28(26,27)13-10-21-25(5)11-13/h6-11H,1-5H3,(H,22,23,24). The summed E-state index contributed by atoms with van der Waals surface area (Å²) in [5.74, 6) is -0.0832. The fourth-order valence-electron chi connectivity index (χ4n) is 2.89. The molecule has 2 heterocycles. The first kappa shape index (κ1) is 20.3. The second-order valence-corrected chi connectivity index (χ2v) is 9.62. The normalized spacial score (nSPS) is 12.2. The maximum absolute atomic E-state index is 12.6. The number of sulfonamides is 1. The quantitative estimate of drug-likeness (QED) is 0.647. The maximum Gasteiger partial charge on any atom is 0.267 e. The Morgan fingerprint density at radius 3 is 2.39 bits per heavy atom. The van der Waals surface area contributed by atoms with Crippen LogP contribution in [0.5, 0.6) is 0 Å². The van der Waals surface area contributed by atoms with E-state index in [-0.39, 0.29) is 21.4 Å². The third kappa shape index (κ3) is 4.02. The molecule has 0 aliphatic rings. The van der Waals surface area contributed by atoms with E-state index in [4.69, 9.17) is 11.6 Å². The van der Waals surface area contributed by atoms with Gasteiger partial charge < -0.3 is 0 Å². The van der Waals surface area contributed by atoms with E-state index in [1.54, 1.807) is 7.05 Å². The molecule has 0 fully saturated rings. The Kier molecular flexibility index (Phi) is 5.20. The predicted octanol–water partition coefficient (Wildman–Crippen LogP) is 3.94. The van der Waals surface area contributed by atoms with Gasteiger partial charge in [0.2, 0.25) is 5.95 Å². The molecule has 9 heteroatoms. The number of hydrogen-bond donors (Lipinski definition) is 1. The lowest BCUT2D eigenvalue weighted by molar-refractivity contribution is 0.586. The number of nitrogens with one attached hydrogen (secondary N) is 1. The molecular formula is C19H22ClN5O2S.